The van der Waals surface area contributed by atoms with Crippen molar-refractivity contribution < 1.29 is 9.13 Å². The van der Waals surface area contributed by atoms with Gasteiger partial charge in [0.25, 0.3) is 0 Å². The Hall–Kier alpha value is -2.48. The van der Waals surface area contributed by atoms with Crippen LogP contribution in [-0.2, 0) is 25.9 Å². The maximum absolute atomic E-state index is 2.51. The van der Waals surface area contributed by atoms with Gasteiger partial charge in [-0.3, -0.25) is 0 Å². The van der Waals surface area contributed by atoms with Crippen molar-refractivity contribution in [2.24, 2.45) is 0 Å². The zero-order chi connectivity index (χ0) is 18.0. The van der Waals surface area contributed by atoms with E-state index in [4.69, 9.17) is 0 Å². The molecule has 2 aromatic heterocycles. The molecule has 0 unspecified atom stereocenters. The Morgan fingerprint density at radius 1 is 0.769 bits per heavy atom. The molecule has 0 radical (unpaired) electrons. The molecule has 130 valence electrons. The lowest BCUT2D eigenvalue weighted by Gasteiger charge is -2.27. The fraction of sp³-hybridized carbons (Fsp3) is 0.333. The molecule has 26 heavy (non-hydrogen) atoms. The Morgan fingerprint density at radius 3 is 2.23 bits per heavy atom. The molecule has 0 atom stereocenters. The Balaban J connectivity index is 1.95. The molecule has 5 rings (SSSR count). The van der Waals surface area contributed by atoms with Crippen molar-refractivity contribution in [1.29, 1.82) is 0 Å². The van der Waals surface area contributed by atoms with Crippen LogP contribution in [0.15, 0.2) is 36.5 Å². The first-order valence-corrected chi connectivity index (χ1v) is 9.71. The number of rotatable bonds is 0. The summed E-state index contributed by atoms with van der Waals surface area (Å²) in [5.74, 6) is 0. The first-order valence-electron chi connectivity index (χ1n) is 9.71. The van der Waals surface area contributed by atoms with Crippen molar-refractivity contribution in [2.45, 2.75) is 53.6 Å². The lowest BCUT2D eigenvalue weighted by molar-refractivity contribution is -0.694. The third kappa shape index (κ3) is 2.05. The van der Waals surface area contributed by atoms with Gasteiger partial charge in [-0.05, 0) is 54.7 Å². The molecule has 2 aliphatic heterocycles. The summed E-state index contributed by atoms with van der Waals surface area (Å²) < 4.78 is 4.95. The molecule has 0 saturated heterocycles. The van der Waals surface area contributed by atoms with Crippen LogP contribution in [0, 0.1) is 27.7 Å². The second-order valence-corrected chi connectivity index (χ2v) is 7.94. The first-order chi connectivity index (χ1) is 12.6. The normalized spacial score (nSPS) is 14.3. The minimum absolute atomic E-state index is 1.08. The topological polar surface area (TPSA) is 7.76 Å². The molecule has 0 saturated carbocycles. The second-order valence-electron chi connectivity index (χ2n) is 7.94. The molecule has 2 aliphatic rings. The quantitative estimate of drug-likeness (QED) is 0.547. The number of nitrogens with zero attached hydrogens (tertiary/aromatic N) is 2. The Kier molecular flexibility index (Phi) is 3.34. The van der Waals surface area contributed by atoms with E-state index < -0.39 is 0 Å². The fourth-order valence-corrected chi connectivity index (χ4v) is 4.98. The van der Waals surface area contributed by atoms with Crippen LogP contribution in [0.5, 0.6) is 0 Å². The van der Waals surface area contributed by atoms with Crippen molar-refractivity contribution in [2.75, 3.05) is 0 Å². The highest BCUT2D eigenvalue weighted by Crippen LogP contribution is 2.42. The summed E-state index contributed by atoms with van der Waals surface area (Å²) in [4.78, 5) is 0. The van der Waals surface area contributed by atoms with Crippen LogP contribution < -0.4 is 9.13 Å². The van der Waals surface area contributed by atoms with Crippen molar-refractivity contribution in [3.05, 3.63) is 70.0 Å². The van der Waals surface area contributed by atoms with Gasteiger partial charge in [0.2, 0.25) is 11.4 Å². The van der Waals surface area contributed by atoms with Crippen molar-refractivity contribution >= 4 is 0 Å². The molecule has 0 N–H and O–H groups in total. The van der Waals surface area contributed by atoms with Crippen LogP contribution in [0.1, 0.15) is 33.5 Å². The number of benzene rings is 1. The van der Waals surface area contributed by atoms with Gasteiger partial charge in [-0.15, -0.1) is 0 Å². The first kappa shape index (κ1) is 15.7. The van der Waals surface area contributed by atoms with E-state index in [1.54, 1.807) is 11.1 Å². The minimum Gasteiger partial charge on any atom is -0.198 e. The predicted molar refractivity (Wildman–Crippen MR) is 104 cm³/mol. The molecular formula is C24H26N2+2. The van der Waals surface area contributed by atoms with Gasteiger partial charge in [0.05, 0.1) is 11.1 Å². The third-order valence-electron chi connectivity index (χ3n) is 6.52. The lowest BCUT2D eigenvalue weighted by Crippen LogP contribution is -2.45. The van der Waals surface area contributed by atoms with E-state index in [9.17, 15) is 0 Å². The van der Waals surface area contributed by atoms with Gasteiger partial charge in [-0.1, -0.05) is 0 Å². The van der Waals surface area contributed by atoms with E-state index in [2.05, 4.69) is 73.4 Å². The highest BCUT2D eigenvalue weighted by molar-refractivity contribution is 5.86. The summed E-state index contributed by atoms with van der Waals surface area (Å²) in [6.07, 6.45) is 4.52. The average molecular weight is 342 g/mol. The van der Waals surface area contributed by atoms with E-state index in [-0.39, 0.29) is 0 Å². The van der Waals surface area contributed by atoms with Gasteiger partial charge in [-0.2, -0.15) is 9.13 Å². The monoisotopic (exact) mass is 342 g/mol. The maximum atomic E-state index is 2.51. The van der Waals surface area contributed by atoms with E-state index >= 15 is 0 Å². The molecule has 3 aromatic rings. The van der Waals surface area contributed by atoms with Crippen molar-refractivity contribution in [1.82, 2.24) is 0 Å². The molecule has 2 heteroatoms. The number of hydrogen-bond donors (Lipinski definition) is 0. The van der Waals surface area contributed by atoms with Gasteiger partial charge in [0.15, 0.2) is 25.0 Å². The van der Waals surface area contributed by atoms with Crippen LogP contribution in [0.3, 0.4) is 0 Å². The maximum Gasteiger partial charge on any atom is 0.213 e. The molecule has 0 spiro atoms. The molecule has 2 nitrogen and oxygen atoms in total. The molecule has 0 amide bonds. The van der Waals surface area contributed by atoms with E-state index in [1.807, 2.05) is 0 Å². The second kappa shape index (κ2) is 5.51. The Labute approximate surface area is 155 Å². The van der Waals surface area contributed by atoms with Crippen LogP contribution in [0.4, 0.5) is 0 Å². The predicted octanol–water partition coefficient (Wildman–Crippen LogP) is 3.94. The summed E-state index contributed by atoms with van der Waals surface area (Å²) in [6.45, 7) is 11.3. The lowest BCUT2D eigenvalue weighted by atomic mass is 9.79. The van der Waals surface area contributed by atoms with Crippen molar-refractivity contribution in [3.63, 3.8) is 0 Å². The van der Waals surface area contributed by atoms with Gasteiger partial charge in [0.1, 0.15) is 0 Å². The summed E-state index contributed by atoms with van der Waals surface area (Å²) in [6, 6.07) is 11.4. The van der Waals surface area contributed by atoms with Gasteiger partial charge < -0.3 is 0 Å². The zero-order valence-corrected chi connectivity index (χ0v) is 16.2. The van der Waals surface area contributed by atoms with Crippen molar-refractivity contribution in [3.8, 4) is 22.5 Å². The highest BCUT2D eigenvalue weighted by Gasteiger charge is 2.36. The van der Waals surface area contributed by atoms with Crippen LogP contribution in [-0.4, -0.2) is 0 Å². The van der Waals surface area contributed by atoms with Gasteiger partial charge in [-0.25, -0.2) is 0 Å². The summed E-state index contributed by atoms with van der Waals surface area (Å²) >= 11 is 0. The van der Waals surface area contributed by atoms with E-state index in [0.717, 1.165) is 25.9 Å². The zero-order valence-electron chi connectivity index (χ0n) is 16.2. The van der Waals surface area contributed by atoms with Crippen LogP contribution in [0.2, 0.25) is 0 Å². The van der Waals surface area contributed by atoms with E-state index in [1.165, 1.54) is 44.9 Å². The summed E-state index contributed by atoms with van der Waals surface area (Å²) in [7, 11) is 0. The molecule has 0 aliphatic carbocycles. The van der Waals surface area contributed by atoms with Crippen LogP contribution in [0.25, 0.3) is 22.5 Å². The largest absolute Gasteiger partial charge is 0.213 e. The number of fused-ring (bicyclic) bond motifs is 7. The number of pyridine rings is 2. The smallest absolute Gasteiger partial charge is 0.198 e. The highest BCUT2D eigenvalue weighted by atomic mass is 15.0. The molecule has 0 fully saturated rings. The summed E-state index contributed by atoms with van der Waals surface area (Å²) in [5, 5.41) is 0. The number of aryl methyl sites for hydroxylation is 3. The molecule has 4 heterocycles. The van der Waals surface area contributed by atoms with E-state index in [0.29, 0.717) is 0 Å². The molecule has 0 bridgehead atoms. The van der Waals surface area contributed by atoms with Gasteiger partial charge >= 0.3 is 0 Å². The summed E-state index contributed by atoms with van der Waals surface area (Å²) in [5.41, 5.74) is 14.6. The standard InChI is InChI=1S/C24H26N2/c1-15-8-11-25-12-9-19-17(3)18(4)20-10-13-26-16(2)6-5-7-21(26)23(20)24(19)22(25)14-15/h5-8,11,14H,9-10,12-13H2,1-4H3/q+2. The third-order valence-corrected chi connectivity index (χ3v) is 6.52. The SMILES string of the molecule is Cc1cc[n+]2c(c1)-c1c(c(C)c(C)c3c1-c1cccc(C)[n+]1CC3)CC2. The average Bonchev–Trinajstić information content (AvgIpc) is 2.65. The van der Waals surface area contributed by atoms with Crippen LogP contribution >= 0.6 is 0 Å². The minimum atomic E-state index is 1.08. The number of hydrogen-bond acceptors (Lipinski definition) is 0. The fourth-order valence-electron chi connectivity index (χ4n) is 4.98. The Bertz CT molecular complexity index is 1050. The number of aromatic nitrogens is 2. The molecule has 1 aromatic carbocycles. The molecular weight excluding hydrogens is 316 g/mol. The Morgan fingerprint density at radius 2 is 1.46 bits per heavy atom. The van der Waals surface area contributed by atoms with Gasteiger partial charge in [0, 0.05) is 44.0 Å².